The zero-order valence-electron chi connectivity index (χ0n) is 19.0. The van der Waals surface area contributed by atoms with Gasteiger partial charge in [-0.25, -0.2) is 13.6 Å². The maximum Gasteiger partial charge on any atom is 0.356 e. The molecule has 3 aliphatic rings. The second kappa shape index (κ2) is 7.81. The standard InChI is InChI=1S/C24H28F2N4O3/c1-12-5-4-6-16(13(12)2)28-7-8-29(18(10-28)23(25)26)19(31)11-30-17-9-15-14(3)20(15)21(17)22(27-30)24(32)33/h4-6,14-15,18,20,23H,7-11H2,1-3H3,(H,32,33)/t14-,15+,18?,20-/m1/s1. The summed E-state index contributed by atoms with van der Waals surface area (Å²) in [6.07, 6.45) is -2.00. The van der Waals surface area contributed by atoms with E-state index in [0.717, 1.165) is 28.1 Å². The van der Waals surface area contributed by atoms with Crippen LogP contribution < -0.4 is 4.90 Å². The van der Waals surface area contributed by atoms with Crippen molar-refractivity contribution in [3.8, 4) is 0 Å². The van der Waals surface area contributed by atoms with Gasteiger partial charge in [0.05, 0.1) is 0 Å². The quantitative estimate of drug-likeness (QED) is 0.745. The average Bonchev–Trinajstić information content (AvgIpc) is 3.10. The lowest BCUT2D eigenvalue weighted by Gasteiger charge is -2.42. The molecule has 7 nitrogen and oxygen atoms in total. The number of benzene rings is 1. The summed E-state index contributed by atoms with van der Waals surface area (Å²) in [6.45, 7) is 6.53. The number of piperazine rings is 1. The number of carboxylic acids is 1. The third kappa shape index (κ3) is 3.48. The van der Waals surface area contributed by atoms with Crippen molar-refractivity contribution in [3.05, 3.63) is 46.3 Å². The van der Waals surface area contributed by atoms with E-state index in [2.05, 4.69) is 12.0 Å². The highest BCUT2D eigenvalue weighted by Crippen LogP contribution is 2.61. The number of rotatable bonds is 5. The Morgan fingerprint density at radius 3 is 2.70 bits per heavy atom. The highest BCUT2D eigenvalue weighted by Gasteiger charge is 2.56. The molecule has 4 atom stereocenters. The van der Waals surface area contributed by atoms with Crippen LogP contribution in [-0.4, -0.2) is 63.8 Å². The summed E-state index contributed by atoms with van der Waals surface area (Å²) >= 11 is 0. The van der Waals surface area contributed by atoms with Gasteiger partial charge >= 0.3 is 5.97 Å². The lowest BCUT2D eigenvalue weighted by Crippen LogP contribution is -2.58. The van der Waals surface area contributed by atoms with E-state index in [4.69, 9.17) is 0 Å². The third-order valence-electron chi connectivity index (χ3n) is 7.86. The Morgan fingerprint density at radius 1 is 1.24 bits per heavy atom. The summed E-state index contributed by atoms with van der Waals surface area (Å²) in [6, 6.07) is 4.59. The Bertz CT molecular complexity index is 1130. The molecular formula is C24H28F2N4O3. The number of fused-ring (bicyclic) bond motifs is 3. The van der Waals surface area contributed by atoms with Crippen LogP contribution in [0.4, 0.5) is 14.5 Å². The number of hydrogen-bond donors (Lipinski definition) is 1. The first-order valence-corrected chi connectivity index (χ1v) is 11.4. The van der Waals surface area contributed by atoms with Crippen LogP contribution in [-0.2, 0) is 17.8 Å². The minimum absolute atomic E-state index is 0.000184. The lowest BCUT2D eigenvalue weighted by molar-refractivity contribution is -0.138. The number of nitrogens with zero attached hydrogens (tertiary/aromatic N) is 4. The monoisotopic (exact) mass is 458 g/mol. The maximum absolute atomic E-state index is 14.0. The Kier molecular flexibility index (Phi) is 5.17. The van der Waals surface area contributed by atoms with E-state index in [1.807, 2.05) is 36.9 Å². The average molecular weight is 459 g/mol. The number of aryl methyl sites for hydroxylation is 1. The van der Waals surface area contributed by atoms with Crippen molar-refractivity contribution >= 4 is 17.6 Å². The topological polar surface area (TPSA) is 78.7 Å². The Hall–Kier alpha value is -2.97. The van der Waals surface area contributed by atoms with Gasteiger partial charge in [0.25, 0.3) is 6.43 Å². The number of anilines is 1. The summed E-state index contributed by atoms with van der Waals surface area (Å²) in [7, 11) is 0. The van der Waals surface area contributed by atoms with Gasteiger partial charge in [0.1, 0.15) is 12.6 Å². The molecule has 1 aromatic heterocycles. The highest BCUT2D eigenvalue weighted by molar-refractivity contribution is 5.88. The van der Waals surface area contributed by atoms with Crippen molar-refractivity contribution in [2.24, 2.45) is 11.8 Å². The Balaban J connectivity index is 1.36. The molecule has 0 spiro atoms. The number of aromatic nitrogens is 2. The van der Waals surface area contributed by atoms with E-state index in [1.165, 1.54) is 9.58 Å². The van der Waals surface area contributed by atoms with E-state index >= 15 is 0 Å². The van der Waals surface area contributed by atoms with Gasteiger partial charge in [-0.1, -0.05) is 19.1 Å². The Labute approximate surface area is 191 Å². The minimum Gasteiger partial charge on any atom is -0.476 e. The zero-order valence-corrected chi connectivity index (χ0v) is 19.0. The summed E-state index contributed by atoms with van der Waals surface area (Å²) < 4.78 is 29.5. The summed E-state index contributed by atoms with van der Waals surface area (Å²) in [5.74, 6) is -0.552. The molecule has 5 rings (SSSR count). The minimum atomic E-state index is -2.69. The molecule has 1 N–H and O–H groups in total. The smallest absolute Gasteiger partial charge is 0.356 e. The number of hydrogen-bond acceptors (Lipinski definition) is 4. The molecule has 2 fully saturated rings. The molecule has 2 aliphatic carbocycles. The van der Waals surface area contributed by atoms with Crippen LogP contribution >= 0.6 is 0 Å². The first-order valence-electron chi connectivity index (χ1n) is 11.4. The molecule has 1 unspecified atom stereocenters. The highest BCUT2D eigenvalue weighted by atomic mass is 19.3. The van der Waals surface area contributed by atoms with E-state index in [-0.39, 0.29) is 31.2 Å². The molecule has 176 valence electrons. The molecule has 1 saturated heterocycles. The van der Waals surface area contributed by atoms with Gasteiger partial charge in [0, 0.05) is 36.6 Å². The van der Waals surface area contributed by atoms with Gasteiger partial charge in [0.15, 0.2) is 5.69 Å². The van der Waals surface area contributed by atoms with Crippen LogP contribution in [0.25, 0.3) is 0 Å². The molecule has 2 heterocycles. The number of carbonyl (C=O) groups is 2. The summed E-state index contributed by atoms with van der Waals surface area (Å²) in [4.78, 5) is 28.0. The van der Waals surface area contributed by atoms with Crippen molar-refractivity contribution in [2.45, 2.75) is 52.1 Å². The molecule has 1 aliphatic heterocycles. The Morgan fingerprint density at radius 2 is 2.00 bits per heavy atom. The number of carbonyl (C=O) groups excluding carboxylic acids is 1. The fourth-order valence-electron chi connectivity index (χ4n) is 5.77. The fraction of sp³-hybridized carbons (Fsp3) is 0.542. The lowest BCUT2D eigenvalue weighted by atomic mass is 10.0. The molecule has 1 saturated carbocycles. The predicted molar refractivity (Wildman–Crippen MR) is 118 cm³/mol. The van der Waals surface area contributed by atoms with Crippen molar-refractivity contribution in [1.29, 1.82) is 0 Å². The molecule has 33 heavy (non-hydrogen) atoms. The summed E-state index contributed by atoms with van der Waals surface area (Å²) in [5.41, 5.74) is 4.56. The molecule has 0 radical (unpaired) electrons. The zero-order chi connectivity index (χ0) is 23.6. The van der Waals surface area contributed by atoms with Gasteiger partial charge in [0.2, 0.25) is 5.91 Å². The number of amides is 1. The van der Waals surface area contributed by atoms with Crippen molar-refractivity contribution in [3.63, 3.8) is 0 Å². The molecule has 1 aromatic carbocycles. The van der Waals surface area contributed by atoms with Crippen LogP contribution in [0.15, 0.2) is 18.2 Å². The number of carboxylic acid groups (broad SMARTS) is 1. The second-order valence-corrected chi connectivity index (χ2v) is 9.58. The predicted octanol–water partition coefficient (Wildman–Crippen LogP) is 3.09. The number of aromatic carboxylic acids is 1. The van der Waals surface area contributed by atoms with E-state index in [0.29, 0.717) is 24.8 Å². The van der Waals surface area contributed by atoms with E-state index < -0.39 is 24.3 Å². The van der Waals surface area contributed by atoms with Gasteiger partial charge < -0.3 is 14.9 Å². The van der Waals surface area contributed by atoms with E-state index in [9.17, 15) is 23.5 Å². The third-order valence-corrected chi connectivity index (χ3v) is 7.86. The SMILES string of the molecule is Cc1cccc(N2CCN(C(=O)Cn3nc(C(=O)O)c4c3C[C@H]3[C@@H](C)[C@@H]43)C(C(F)F)C2)c1C. The van der Waals surface area contributed by atoms with Gasteiger partial charge in [-0.15, -0.1) is 0 Å². The second-order valence-electron chi connectivity index (χ2n) is 9.58. The van der Waals surface area contributed by atoms with Gasteiger partial charge in [-0.05, 0) is 55.2 Å². The molecule has 1 amide bonds. The van der Waals surface area contributed by atoms with Crippen molar-refractivity contribution < 1.29 is 23.5 Å². The molecule has 9 heteroatoms. The van der Waals surface area contributed by atoms with Crippen LogP contribution in [0.3, 0.4) is 0 Å². The van der Waals surface area contributed by atoms with Crippen LogP contribution in [0.2, 0.25) is 0 Å². The van der Waals surface area contributed by atoms with Crippen LogP contribution in [0, 0.1) is 25.7 Å². The van der Waals surface area contributed by atoms with Crippen LogP contribution in [0.1, 0.15) is 45.7 Å². The van der Waals surface area contributed by atoms with Crippen molar-refractivity contribution in [1.82, 2.24) is 14.7 Å². The normalized spacial score (nSPS) is 25.9. The molecule has 0 bridgehead atoms. The first kappa shape index (κ1) is 21.9. The molecular weight excluding hydrogens is 430 g/mol. The number of alkyl halides is 2. The number of halogens is 2. The maximum atomic E-state index is 14.0. The molecule has 2 aromatic rings. The van der Waals surface area contributed by atoms with Gasteiger partial charge in [-0.3, -0.25) is 9.48 Å². The largest absolute Gasteiger partial charge is 0.476 e. The van der Waals surface area contributed by atoms with Gasteiger partial charge in [-0.2, -0.15) is 5.10 Å². The van der Waals surface area contributed by atoms with Crippen molar-refractivity contribution in [2.75, 3.05) is 24.5 Å². The van der Waals surface area contributed by atoms with Crippen LogP contribution in [0.5, 0.6) is 0 Å². The van der Waals surface area contributed by atoms with E-state index in [1.54, 1.807) is 0 Å². The first-order chi connectivity index (χ1) is 15.7. The fourth-order valence-corrected chi connectivity index (χ4v) is 5.77. The summed E-state index contributed by atoms with van der Waals surface area (Å²) in [5, 5.41) is 13.8.